The molecule has 16 heavy (non-hydrogen) atoms. The van der Waals surface area contributed by atoms with Gasteiger partial charge in [-0.3, -0.25) is 4.79 Å². The number of halogens is 1. The number of nitrogens with two attached hydrogens (primary N) is 1. The zero-order valence-electron chi connectivity index (χ0n) is 9.59. The van der Waals surface area contributed by atoms with E-state index in [0.717, 1.165) is 0 Å². The van der Waals surface area contributed by atoms with Crippen LogP contribution in [0.1, 0.15) is 20.3 Å². The van der Waals surface area contributed by atoms with Gasteiger partial charge in [0.1, 0.15) is 0 Å². The van der Waals surface area contributed by atoms with Crippen LogP contribution in [0.5, 0.6) is 0 Å². The minimum atomic E-state index is -0.461. The summed E-state index contributed by atoms with van der Waals surface area (Å²) in [6, 6.07) is 7.09. The van der Waals surface area contributed by atoms with Crippen molar-refractivity contribution in [1.29, 1.82) is 0 Å². The number of benzene rings is 1. The summed E-state index contributed by atoms with van der Waals surface area (Å²) in [6.45, 7) is 4.25. The van der Waals surface area contributed by atoms with Crippen molar-refractivity contribution in [2.24, 2.45) is 11.1 Å². The zero-order chi connectivity index (χ0) is 12.2. The number of hydrogen-bond donors (Lipinski definition) is 2. The molecule has 0 atom stereocenters. The molecule has 88 valence electrons. The van der Waals surface area contributed by atoms with Crippen molar-refractivity contribution in [3.63, 3.8) is 0 Å². The average molecular weight is 241 g/mol. The molecule has 0 bridgehead atoms. The van der Waals surface area contributed by atoms with E-state index in [-0.39, 0.29) is 5.91 Å². The normalized spacial score (nSPS) is 11.2. The minimum Gasteiger partial charge on any atom is -0.330 e. The highest BCUT2D eigenvalue weighted by Gasteiger charge is 2.26. The quantitative estimate of drug-likeness (QED) is 0.850. The molecule has 0 aliphatic carbocycles. The maximum Gasteiger partial charge on any atom is 0.230 e. The third kappa shape index (κ3) is 3.51. The number of carbonyl (C=O) groups is 1. The molecule has 1 aromatic rings. The Kier molecular flexibility index (Phi) is 4.33. The van der Waals surface area contributed by atoms with Crippen LogP contribution in [0.2, 0.25) is 5.02 Å². The summed E-state index contributed by atoms with van der Waals surface area (Å²) < 4.78 is 0. The van der Waals surface area contributed by atoms with Gasteiger partial charge in [0.05, 0.1) is 0 Å². The lowest BCUT2D eigenvalue weighted by Gasteiger charge is -2.22. The highest BCUT2D eigenvalue weighted by molar-refractivity contribution is 6.30. The predicted molar refractivity (Wildman–Crippen MR) is 67.5 cm³/mol. The minimum absolute atomic E-state index is 0.0415. The third-order valence-corrected chi connectivity index (χ3v) is 2.70. The van der Waals surface area contributed by atoms with Crippen LogP contribution in [0.3, 0.4) is 0 Å². The second-order valence-electron chi connectivity index (χ2n) is 4.39. The molecule has 0 aliphatic rings. The standard InChI is InChI=1S/C12H17ClN2O/c1-12(2,6-7-14)11(16)15-10-5-3-4-9(13)8-10/h3-5,8H,6-7,14H2,1-2H3,(H,15,16). The number of amides is 1. The first-order valence-electron chi connectivity index (χ1n) is 5.23. The first kappa shape index (κ1) is 13.0. The van der Waals surface area contributed by atoms with E-state index in [4.69, 9.17) is 17.3 Å². The molecule has 0 saturated carbocycles. The monoisotopic (exact) mass is 240 g/mol. The van der Waals surface area contributed by atoms with E-state index < -0.39 is 5.41 Å². The largest absolute Gasteiger partial charge is 0.330 e. The van der Waals surface area contributed by atoms with Crippen LogP contribution in [0.4, 0.5) is 5.69 Å². The van der Waals surface area contributed by atoms with Gasteiger partial charge in [-0.15, -0.1) is 0 Å². The molecule has 0 radical (unpaired) electrons. The molecule has 0 unspecified atom stereocenters. The first-order chi connectivity index (χ1) is 7.45. The first-order valence-corrected chi connectivity index (χ1v) is 5.60. The van der Waals surface area contributed by atoms with Gasteiger partial charge in [0.2, 0.25) is 5.91 Å². The van der Waals surface area contributed by atoms with Gasteiger partial charge in [0.25, 0.3) is 0 Å². The maximum absolute atomic E-state index is 11.9. The summed E-state index contributed by atoms with van der Waals surface area (Å²) in [5.74, 6) is -0.0415. The van der Waals surface area contributed by atoms with Crippen molar-refractivity contribution in [2.75, 3.05) is 11.9 Å². The molecule has 1 aromatic carbocycles. The fraction of sp³-hybridized carbons (Fsp3) is 0.417. The van der Waals surface area contributed by atoms with Crippen molar-refractivity contribution in [3.05, 3.63) is 29.3 Å². The summed E-state index contributed by atoms with van der Waals surface area (Å²) in [7, 11) is 0. The van der Waals surface area contributed by atoms with E-state index in [1.54, 1.807) is 18.2 Å². The smallest absolute Gasteiger partial charge is 0.230 e. The number of rotatable bonds is 4. The lowest BCUT2D eigenvalue weighted by molar-refractivity contribution is -0.124. The van der Waals surface area contributed by atoms with Gasteiger partial charge >= 0.3 is 0 Å². The topological polar surface area (TPSA) is 55.1 Å². The van der Waals surface area contributed by atoms with Crippen molar-refractivity contribution in [3.8, 4) is 0 Å². The molecule has 0 aromatic heterocycles. The van der Waals surface area contributed by atoms with E-state index >= 15 is 0 Å². The Morgan fingerprint density at radius 3 is 2.75 bits per heavy atom. The molecule has 0 saturated heterocycles. The number of nitrogens with one attached hydrogen (secondary N) is 1. The second-order valence-corrected chi connectivity index (χ2v) is 4.82. The molecule has 0 spiro atoms. The Morgan fingerprint density at radius 1 is 1.50 bits per heavy atom. The average Bonchev–Trinajstić information content (AvgIpc) is 2.17. The second kappa shape index (κ2) is 5.32. The van der Waals surface area contributed by atoms with Crippen LogP contribution in [-0.4, -0.2) is 12.5 Å². The molecular formula is C12H17ClN2O. The van der Waals surface area contributed by atoms with E-state index in [2.05, 4.69) is 5.32 Å². The highest BCUT2D eigenvalue weighted by atomic mass is 35.5. The van der Waals surface area contributed by atoms with Gasteiger partial charge in [-0.25, -0.2) is 0 Å². The zero-order valence-corrected chi connectivity index (χ0v) is 10.3. The Hall–Kier alpha value is -1.06. The predicted octanol–water partition coefficient (Wildman–Crippen LogP) is 2.65. The van der Waals surface area contributed by atoms with Crippen LogP contribution in [0.15, 0.2) is 24.3 Å². The van der Waals surface area contributed by atoms with Crippen LogP contribution in [0.25, 0.3) is 0 Å². The molecule has 3 nitrogen and oxygen atoms in total. The highest BCUT2D eigenvalue weighted by Crippen LogP contribution is 2.23. The van der Waals surface area contributed by atoms with E-state index in [0.29, 0.717) is 23.7 Å². The van der Waals surface area contributed by atoms with Crippen LogP contribution in [-0.2, 0) is 4.79 Å². The van der Waals surface area contributed by atoms with E-state index in [9.17, 15) is 4.79 Å². The SMILES string of the molecule is CC(C)(CCN)C(=O)Nc1cccc(Cl)c1. The van der Waals surface area contributed by atoms with Crippen LogP contribution >= 0.6 is 11.6 Å². The molecule has 4 heteroatoms. The third-order valence-electron chi connectivity index (χ3n) is 2.47. The Morgan fingerprint density at radius 2 is 2.19 bits per heavy atom. The number of hydrogen-bond acceptors (Lipinski definition) is 2. The van der Waals surface area contributed by atoms with Crippen molar-refractivity contribution >= 4 is 23.2 Å². The van der Waals surface area contributed by atoms with Gasteiger partial charge in [-0.2, -0.15) is 0 Å². The maximum atomic E-state index is 11.9. The lowest BCUT2D eigenvalue weighted by Crippen LogP contribution is -2.32. The van der Waals surface area contributed by atoms with Gasteiger partial charge < -0.3 is 11.1 Å². The molecular weight excluding hydrogens is 224 g/mol. The van der Waals surface area contributed by atoms with Gasteiger partial charge in [0.15, 0.2) is 0 Å². The number of anilines is 1. The summed E-state index contributed by atoms with van der Waals surface area (Å²) in [4.78, 5) is 11.9. The Balaban J connectivity index is 2.71. The Labute approximate surface area is 101 Å². The molecule has 0 aliphatic heterocycles. The van der Waals surface area contributed by atoms with E-state index in [1.807, 2.05) is 19.9 Å². The Bertz CT molecular complexity index is 377. The van der Waals surface area contributed by atoms with Gasteiger partial charge in [-0.1, -0.05) is 31.5 Å². The summed E-state index contributed by atoms with van der Waals surface area (Å²) >= 11 is 5.83. The lowest BCUT2D eigenvalue weighted by atomic mass is 9.88. The van der Waals surface area contributed by atoms with Crippen molar-refractivity contribution in [2.45, 2.75) is 20.3 Å². The fourth-order valence-electron chi connectivity index (χ4n) is 1.34. The summed E-state index contributed by atoms with van der Waals surface area (Å²) in [5, 5.41) is 3.43. The van der Waals surface area contributed by atoms with Crippen molar-refractivity contribution < 1.29 is 4.79 Å². The van der Waals surface area contributed by atoms with Crippen LogP contribution < -0.4 is 11.1 Å². The molecule has 0 heterocycles. The fourth-order valence-corrected chi connectivity index (χ4v) is 1.53. The van der Waals surface area contributed by atoms with E-state index in [1.165, 1.54) is 0 Å². The summed E-state index contributed by atoms with van der Waals surface area (Å²) in [5.41, 5.74) is 5.72. The molecule has 0 fully saturated rings. The molecule has 3 N–H and O–H groups in total. The number of carbonyl (C=O) groups excluding carboxylic acids is 1. The molecule has 1 rings (SSSR count). The summed E-state index contributed by atoms with van der Waals surface area (Å²) in [6.07, 6.45) is 0.652. The van der Waals surface area contributed by atoms with Gasteiger partial charge in [0, 0.05) is 16.1 Å². The van der Waals surface area contributed by atoms with Crippen LogP contribution in [0, 0.1) is 5.41 Å². The van der Waals surface area contributed by atoms with Gasteiger partial charge in [-0.05, 0) is 31.2 Å². The molecule has 1 amide bonds. The van der Waals surface area contributed by atoms with Crippen molar-refractivity contribution in [1.82, 2.24) is 0 Å².